The first-order valence-electron chi connectivity index (χ1n) is 5.47. The third-order valence-electron chi connectivity index (χ3n) is 3.13. The van der Waals surface area contributed by atoms with Gasteiger partial charge in [-0.2, -0.15) is 11.8 Å². The van der Waals surface area contributed by atoms with E-state index in [1.54, 1.807) is 10.4 Å². The van der Waals surface area contributed by atoms with Crippen LogP contribution in [0, 0.1) is 0 Å². The minimum atomic E-state index is 0.371. The zero-order chi connectivity index (χ0) is 10.9. The van der Waals surface area contributed by atoms with E-state index in [9.17, 15) is 0 Å². The molecule has 0 saturated heterocycles. The predicted octanol–water partition coefficient (Wildman–Crippen LogP) is 3.47. The van der Waals surface area contributed by atoms with Gasteiger partial charge in [0.1, 0.15) is 0 Å². The maximum absolute atomic E-state index is 3.65. The fourth-order valence-electron chi connectivity index (χ4n) is 2.07. The SMILES string of the molecule is CSC(C)(C)CC1NCCc2ccsc21. The number of thioether (sulfide) groups is 1. The first kappa shape index (κ1) is 11.5. The van der Waals surface area contributed by atoms with Gasteiger partial charge in [0.2, 0.25) is 0 Å². The van der Waals surface area contributed by atoms with Crippen LogP contribution >= 0.6 is 23.1 Å². The van der Waals surface area contributed by atoms with Gasteiger partial charge in [-0.15, -0.1) is 11.3 Å². The van der Waals surface area contributed by atoms with Crippen molar-refractivity contribution >= 4 is 23.1 Å². The summed E-state index contributed by atoms with van der Waals surface area (Å²) in [5.74, 6) is 0. The van der Waals surface area contributed by atoms with Crippen molar-refractivity contribution in [3.63, 3.8) is 0 Å². The molecule has 0 fully saturated rings. The molecule has 1 N–H and O–H groups in total. The highest BCUT2D eigenvalue weighted by atomic mass is 32.2. The molecule has 3 heteroatoms. The lowest BCUT2D eigenvalue weighted by Gasteiger charge is -2.31. The summed E-state index contributed by atoms with van der Waals surface area (Å²) in [6.45, 7) is 5.81. The van der Waals surface area contributed by atoms with Crippen molar-refractivity contribution in [1.29, 1.82) is 0 Å². The second-order valence-electron chi connectivity index (χ2n) is 4.73. The Morgan fingerprint density at radius 1 is 1.60 bits per heavy atom. The van der Waals surface area contributed by atoms with E-state index in [2.05, 4.69) is 36.9 Å². The quantitative estimate of drug-likeness (QED) is 0.869. The monoisotopic (exact) mass is 241 g/mol. The molecule has 0 aromatic carbocycles. The van der Waals surface area contributed by atoms with Crippen molar-refractivity contribution in [2.45, 2.75) is 37.5 Å². The molecule has 1 aromatic heterocycles. The molecule has 0 aliphatic carbocycles. The number of hydrogen-bond acceptors (Lipinski definition) is 3. The van der Waals surface area contributed by atoms with Crippen molar-refractivity contribution in [3.8, 4) is 0 Å². The van der Waals surface area contributed by atoms with Crippen LogP contribution < -0.4 is 5.32 Å². The maximum Gasteiger partial charge on any atom is 0.0430 e. The highest BCUT2D eigenvalue weighted by molar-refractivity contribution is 7.99. The topological polar surface area (TPSA) is 12.0 Å². The molecule has 1 aliphatic heterocycles. The summed E-state index contributed by atoms with van der Waals surface area (Å²) < 4.78 is 0.371. The lowest BCUT2D eigenvalue weighted by molar-refractivity contribution is 0.442. The van der Waals surface area contributed by atoms with Crippen molar-refractivity contribution in [3.05, 3.63) is 21.9 Å². The molecule has 0 spiro atoms. The third-order valence-corrected chi connectivity index (χ3v) is 5.48. The van der Waals surface area contributed by atoms with Crippen LogP contribution in [-0.2, 0) is 6.42 Å². The maximum atomic E-state index is 3.65. The number of hydrogen-bond donors (Lipinski definition) is 1. The van der Waals surface area contributed by atoms with E-state index in [0.29, 0.717) is 10.8 Å². The fourth-order valence-corrected chi connectivity index (χ4v) is 3.44. The van der Waals surface area contributed by atoms with Gasteiger partial charge in [-0.25, -0.2) is 0 Å². The Bertz CT molecular complexity index is 330. The number of nitrogens with one attached hydrogen (secondary N) is 1. The van der Waals surface area contributed by atoms with Crippen LogP contribution in [-0.4, -0.2) is 17.5 Å². The summed E-state index contributed by atoms with van der Waals surface area (Å²) in [4.78, 5) is 1.57. The number of thiophene rings is 1. The highest BCUT2D eigenvalue weighted by Gasteiger charge is 2.27. The second-order valence-corrected chi connectivity index (χ2v) is 7.20. The zero-order valence-electron chi connectivity index (χ0n) is 9.67. The average molecular weight is 241 g/mol. The van der Waals surface area contributed by atoms with E-state index in [0.717, 1.165) is 6.54 Å². The molecule has 84 valence electrons. The summed E-state index contributed by atoms with van der Waals surface area (Å²) >= 11 is 3.88. The zero-order valence-corrected chi connectivity index (χ0v) is 11.3. The average Bonchev–Trinajstić information content (AvgIpc) is 2.66. The van der Waals surface area contributed by atoms with Crippen LogP contribution in [0.5, 0.6) is 0 Å². The molecular formula is C12H19NS2. The molecule has 1 unspecified atom stereocenters. The standard InChI is InChI=1S/C12H19NS2/c1-12(2,14-3)8-10-11-9(4-6-13-10)5-7-15-11/h5,7,10,13H,4,6,8H2,1-3H3. The van der Waals surface area contributed by atoms with Crippen LogP contribution in [0.4, 0.5) is 0 Å². The Morgan fingerprint density at radius 2 is 2.40 bits per heavy atom. The first-order chi connectivity index (χ1) is 7.12. The fraction of sp³-hybridized carbons (Fsp3) is 0.667. The Hall–Kier alpha value is 0.01000. The Balaban J connectivity index is 2.13. The lowest BCUT2D eigenvalue weighted by Crippen LogP contribution is -2.33. The minimum Gasteiger partial charge on any atom is -0.309 e. The molecule has 1 atom stereocenters. The summed E-state index contributed by atoms with van der Waals surface area (Å²) in [6, 6.07) is 2.87. The molecule has 15 heavy (non-hydrogen) atoms. The van der Waals surface area contributed by atoms with E-state index in [4.69, 9.17) is 0 Å². The third kappa shape index (κ3) is 2.58. The van der Waals surface area contributed by atoms with E-state index < -0.39 is 0 Å². The van der Waals surface area contributed by atoms with Crippen LogP contribution in [0.2, 0.25) is 0 Å². The second kappa shape index (κ2) is 4.48. The van der Waals surface area contributed by atoms with Gasteiger partial charge >= 0.3 is 0 Å². The van der Waals surface area contributed by atoms with Crippen molar-refractivity contribution in [2.24, 2.45) is 0 Å². The van der Waals surface area contributed by atoms with Gasteiger partial charge in [0.05, 0.1) is 0 Å². The number of fused-ring (bicyclic) bond motifs is 1. The molecule has 2 heterocycles. The molecule has 0 amide bonds. The Labute approximate surface area is 101 Å². The van der Waals surface area contributed by atoms with Crippen molar-refractivity contribution in [2.75, 3.05) is 12.8 Å². The summed E-state index contributed by atoms with van der Waals surface area (Å²) in [7, 11) is 0. The summed E-state index contributed by atoms with van der Waals surface area (Å²) in [6.07, 6.45) is 4.63. The molecule has 1 aliphatic rings. The van der Waals surface area contributed by atoms with E-state index in [1.807, 2.05) is 23.1 Å². The van der Waals surface area contributed by atoms with Gasteiger partial charge in [0.15, 0.2) is 0 Å². The largest absolute Gasteiger partial charge is 0.309 e. The predicted molar refractivity (Wildman–Crippen MR) is 71.0 cm³/mol. The minimum absolute atomic E-state index is 0.371. The van der Waals surface area contributed by atoms with Crippen LogP contribution in [0.25, 0.3) is 0 Å². The molecule has 0 saturated carbocycles. The van der Waals surface area contributed by atoms with Gasteiger partial charge in [-0.05, 0) is 42.7 Å². The van der Waals surface area contributed by atoms with Crippen molar-refractivity contribution < 1.29 is 0 Å². The molecule has 2 rings (SSSR count). The summed E-state index contributed by atoms with van der Waals surface area (Å²) in [5.41, 5.74) is 1.57. The van der Waals surface area contributed by atoms with Gasteiger partial charge in [-0.1, -0.05) is 13.8 Å². The normalized spacial score (nSPS) is 21.4. The van der Waals surface area contributed by atoms with Gasteiger partial charge < -0.3 is 5.32 Å². The van der Waals surface area contributed by atoms with Crippen LogP contribution in [0.15, 0.2) is 11.4 Å². The molecule has 0 bridgehead atoms. The van der Waals surface area contributed by atoms with Crippen LogP contribution in [0.3, 0.4) is 0 Å². The molecule has 1 nitrogen and oxygen atoms in total. The highest BCUT2D eigenvalue weighted by Crippen LogP contribution is 2.37. The van der Waals surface area contributed by atoms with E-state index in [-0.39, 0.29) is 0 Å². The first-order valence-corrected chi connectivity index (χ1v) is 7.57. The van der Waals surface area contributed by atoms with Gasteiger partial charge in [0.25, 0.3) is 0 Å². The Morgan fingerprint density at radius 3 is 3.13 bits per heavy atom. The molecule has 1 aromatic rings. The smallest absolute Gasteiger partial charge is 0.0430 e. The van der Waals surface area contributed by atoms with E-state index in [1.165, 1.54) is 12.8 Å². The van der Waals surface area contributed by atoms with Crippen molar-refractivity contribution in [1.82, 2.24) is 5.32 Å². The van der Waals surface area contributed by atoms with Crippen LogP contribution in [0.1, 0.15) is 36.8 Å². The summed E-state index contributed by atoms with van der Waals surface area (Å²) in [5, 5.41) is 5.88. The van der Waals surface area contributed by atoms with Gasteiger partial charge in [-0.3, -0.25) is 0 Å². The lowest BCUT2D eigenvalue weighted by atomic mass is 9.96. The number of rotatable bonds is 3. The van der Waals surface area contributed by atoms with Gasteiger partial charge in [0, 0.05) is 15.7 Å². The van der Waals surface area contributed by atoms with E-state index >= 15 is 0 Å². The molecular weight excluding hydrogens is 222 g/mol. The Kier molecular flexibility index (Phi) is 3.43. The molecule has 0 radical (unpaired) electrons.